The Bertz CT molecular complexity index is 818. The van der Waals surface area contributed by atoms with E-state index in [-0.39, 0.29) is 5.75 Å². The van der Waals surface area contributed by atoms with Gasteiger partial charge in [-0.15, -0.1) is 0 Å². The normalized spacial score (nSPS) is 10.5. The van der Waals surface area contributed by atoms with Crippen LogP contribution in [-0.4, -0.2) is 24.3 Å². The first-order valence-corrected chi connectivity index (χ1v) is 6.79. The lowest BCUT2D eigenvalue weighted by molar-refractivity contribution is 0.346. The third-order valence-corrected chi connectivity index (χ3v) is 3.33. The van der Waals surface area contributed by atoms with E-state index in [0.29, 0.717) is 11.6 Å². The van der Waals surface area contributed by atoms with Gasteiger partial charge in [-0.05, 0) is 18.2 Å². The number of pyridine rings is 1. The van der Waals surface area contributed by atoms with Gasteiger partial charge in [0.1, 0.15) is 5.75 Å². The summed E-state index contributed by atoms with van der Waals surface area (Å²) < 4.78 is 10.8. The fourth-order valence-electron chi connectivity index (χ4n) is 2.35. The van der Waals surface area contributed by atoms with E-state index < -0.39 is 0 Å². The molecule has 0 aliphatic carbocycles. The number of phenolic OH excluding ortho intramolecular Hbond substituents is 1. The Morgan fingerprint density at radius 2 is 1.82 bits per heavy atom. The topological polar surface area (TPSA) is 63.6 Å². The highest BCUT2D eigenvalue weighted by atomic mass is 16.5. The molecule has 5 heteroatoms. The van der Waals surface area contributed by atoms with Gasteiger partial charge in [-0.3, -0.25) is 0 Å². The predicted molar refractivity (Wildman–Crippen MR) is 86.2 cm³/mol. The molecule has 0 amide bonds. The fraction of sp³-hybridized carbons (Fsp3) is 0.118. The second-order valence-electron chi connectivity index (χ2n) is 4.72. The molecule has 0 saturated heterocycles. The molecule has 0 aliphatic heterocycles. The quantitative estimate of drug-likeness (QED) is 0.768. The Hall–Kier alpha value is -2.95. The first-order chi connectivity index (χ1) is 10.7. The van der Waals surface area contributed by atoms with Crippen LogP contribution in [-0.2, 0) is 0 Å². The molecule has 0 atom stereocenters. The molecule has 0 bridgehead atoms. The standard InChI is InChI=1S/C17H16N2O3/c1-21-16-15(18-11-6-5-7-12(20)10-11)13-8-3-4-9-14(13)19-17(16)22-2/h3-10,20H,1-2H3,(H,18,19). The lowest BCUT2D eigenvalue weighted by atomic mass is 10.1. The number of ether oxygens (including phenoxy) is 2. The summed E-state index contributed by atoms with van der Waals surface area (Å²) in [5.74, 6) is 1.11. The van der Waals surface area contributed by atoms with Crippen LogP contribution < -0.4 is 14.8 Å². The number of rotatable bonds is 4. The minimum Gasteiger partial charge on any atom is -0.508 e. The van der Waals surface area contributed by atoms with Crippen LogP contribution in [0.25, 0.3) is 10.9 Å². The van der Waals surface area contributed by atoms with Crippen molar-refractivity contribution in [1.29, 1.82) is 0 Å². The summed E-state index contributed by atoms with van der Waals surface area (Å²) in [7, 11) is 3.12. The van der Waals surface area contributed by atoms with Gasteiger partial charge in [0.15, 0.2) is 0 Å². The molecule has 1 heterocycles. The Labute approximate surface area is 128 Å². The lowest BCUT2D eigenvalue weighted by Crippen LogP contribution is -2.00. The number of fused-ring (bicyclic) bond motifs is 1. The summed E-state index contributed by atoms with van der Waals surface area (Å²) >= 11 is 0. The Morgan fingerprint density at radius 3 is 2.55 bits per heavy atom. The zero-order chi connectivity index (χ0) is 15.5. The van der Waals surface area contributed by atoms with Gasteiger partial charge < -0.3 is 19.9 Å². The van der Waals surface area contributed by atoms with Gasteiger partial charge in [-0.1, -0.05) is 24.3 Å². The summed E-state index contributed by atoms with van der Waals surface area (Å²) in [6, 6.07) is 14.6. The number of phenols is 1. The average molecular weight is 296 g/mol. The number of hydrogen-bond donors (Lipinski definition) is 2. The molecule has 2 aromatic carbocycles. The van der Waals surface area contributed by atoms with Crippen molar-refractivity contribution in [3.8, 4) is 17.4 Å². The van der Waals surface area contributed by atoms with Crippen molar-refractivity contribution in [3.05, 3.63) is 48.5 Å². The average Bonchev–Trinajstić information content (AvgIpc) is 2.54. The van der Waals surface area contributed by atoms with E-state index in [0.717, 1.165) is 22.3 Å². The van der Waals surface area contributed by atoms with Crippen LogP contribution in [0, 0.1) is 0 Å². The molecule has 112 valence electrons. The summed E-state index contributed by atoms with van der Waals surface area (Å²) in [6.45, 7) is 0. The molecule has 0 aliphatic rings. The molecule has 5 nitrogen and oxygen atoms in total. The summed E-state index contributed by atoms with van der Waals surface area (Å²) in [4.78, 5) is 4.45. The minimum absolute atomic E-state index is 0.189. The van der Waals surface area contributed by atoms with E-state index in [2.05, 4.69) is 10.3 Å². The van der Waals surface area contributed by atoms with Crippen molar-refractivity contribution in [3.63, 3.8) is 0 Å². The molecule has 2 N–H and O–H groups in total. The molecule has 1 aromatic heterocycles. The van der Waals surface area contributed by atoms with Crippen molar-refractivity contribution in [2.75, 3.05) is 19.5 Å². The maximum absolute atomic E-state index is 9.62. The summed E-state index contributed by atoms with van der Waals surface area (Å²) in [5.41, 5.74) is 2.29. The van der Waals surface area contributed by atoms with Crippen molar-refractivity contribution < 1.29 is 14.6 Å². The number of nitrogens with zero attached hydrogens (tertiary/aromatic N) is 1. The molecular weight excluding hydrogens is 280 g/mol. The zero-order valence-corrected chi connectivity index (χ0v) is 12.3. The van der Waals surface area contributed by atoms with Gasteiger partial charge in [0, 0.05) is 17.1 Å². The second kappa shape index (κ2) is 5.81. The highest BCUT2D eigenvalue weighted by molar-refractivity contribution is 5.97. The predicted octanol–water partition coefficient (Wildman–Crippen LogP) is 3.70. The van der Waals surface area contributed by atoms with Gasteiger partial charge in [0.05, 0.1) is 25.4 Å². The lowest BCUT2D eigenvalue weighted by Gasteiger charge is -2.16. The van der Waals surface area contributed by atoms with Crippen LogP contribution in [0.4, 0.5) is 11.4 Å². The van der Waals surface area contributed by atoms with Crippen molar-refractivity contribution in [1.82, 2.24) is 4.98 Å². The first kappa shape index (κ1) is 14.0. The fourth-order valence-corrected chi connectivity index (χ4v) is 2.35. The summed E-state index contributed by atoms with van der Waals surface area (Å²) in [5, 5.41) is 13.8. The smallest absolute Gasteiger partial charge is 0.259 e. The molecule has 3 aromatic rings. The minimum atomic E-state index is 0.189. The maximum atomic E-state index is 9.62. The Balaban J connectivity index is 2.21. The van der Waals surface area contributed by atoms with Crippen molar-refractivity contribution in [2.45, 2.75) is 0 Å². The van der Waals surface area contributed by atoms with Gasteiger partial charge >= 0.3 is 0 Å². The number of methoxy groups -OCH3 is 2. The van der Waals surface area contributed by atoms with Crippen LogP contribution in [0.5, 0.6) is 17.4 Å². The van der Waals surface area contributed by atoms with E-state index in [1.807, 2.05) is 30.3 Å². The zero-order valence-electron chi connectivity index (χ0n) is 12.3. The second-order valence-corrected chi connectivity index (χ2v) is 4.72. The Kier molecular flexibility index (Phi) is 3.70. The number of hydrogen-bond acceptors (Lipinski definition) is 5. The molecule has 3 rings (SSSR count). The van der Waals surface area contributed by atoms with Gasteiger partial charge in [-0.25, -0.2) is 4.98 Å². The van der Waals surface area contributed by atoms with Crippen LogP contribution in [0.15, 0.2) is 48.5 Å². The molecule has 0 fully saturated rings. The maximum Gasteiger partial charge on any atom is 0.259 e. The Morgan fingerprint density at radius 1 is 1.00 bits per heavy atom. The SMILES string of the molecule is COc1nc2ccccc2c(Nc2cccc(O)c2)c1OC. The third kappa shape index (κ3) is 2.48. The number of nitrogens with one attached hydrogen (secondary N) is 1. The highest BCUT2D eigenvalue weighted by Gasteiger charge is 2.16. The van der Waals surface area contributed by atoms with E-state index >= 15 is 0 Å². The number of anilines is 2. The molecule has 22 heavy (non-hydrogen) atoms. The van der Waals surface area contributed by atoms with Crippen molar-refractivity contribution >= 4 is 22.3 Å². The number of aromatic nitrogens is 1. The van der Waals surface area contributed by atoms with Crippen molar-refractivity contribution in [2.24, 2.45) is 0 Å². The molecular formula is C17H16N2O3. The van der Waals surface area contributed by atoms with Gasteiger partial charge in [-0.2, -0.15) is 0 Å². The van der Waals surface area contributed by atoms with E-state index in [1.54, 1.807) is 32.4 Å². The van der Waals surface area contributed by atoms with E-state index in [4.69, 9.17) is 9.47 Å². The van der Waals surface area contributed by atoms with Crippen LogP contribution in [0.3, 0.4) is 0 Å². The number of benzene rings is 2. The monoisotopic (exact) mass is 296 g/mol. The van der Waals surface area contributed by atoms with Crippen LogP contribution >= 0.6 is 0 Å². The third-order valence-electron chi connectivity index (χ3n) is 3.33. The largest absolute Gasteiger partial charge is 0.508 e. The van der Waals surface area contributed by atoms with E-state index in [1.165, 1.54) is 0 Å². The molecule has 0 spiro atoms. The first-order valence-electron chi connectivity index (χ1n) is 6.79. The molecule has 0 radical (unpaired) electrons. The van der Waals surface area contributed by atoms with Crippen LogP contribution in [0.2, 0.25) is 0 Å². The van der Waals surface area contributed by atoms with Gasteiger partial charge in [0.2, 0.25) is 5.75 Å². The molecule has 0 unspecified atom stereocenters. The number of para-hydroxylation sites is 1. The number of aromatic hydroxyl groups is 1. The van der Waals surface area contributed by atoms with Crippen LogP contribution in [0.1, 0.15) is 0 Å². The van der Waals surface area contributed by atoms with Gasteiger partial charge in [0.25, 0.3) is 5.88 Å². The summed E-state index contributed by atoms with van der Waals surface area (Å²) in [6.07, 6.45) is 0. The molecule has 0 saturated carbocycles. The van der Waals surface area contributed by atoms with E-state index in [9.17, 15) is 5.11 Å². The highest BCUT2D eigenvalue weighted by Crippen LogP contribution is 2.40.